The lowest BCUT2D eigenvalue weighted by molar-refractivity contribution is -0.135. The molecule has 27 heavy (non-hydrogen) atoms. The van der Waals surface area contributed by atoms with E-state index in [0.29, 0.717) is 31.6 Å². The van der Waals surface area contributed by atoms with Gasteiger partial charge in [0.25, 0.3) is 5.91 Å². The number of piperidine rings is 1. The van der Waals surface area contributed by atoms with Gasteiger partial charge in [-0.05, 0) is 31.0 Å². The lowest BCUT2D eigenvalue weighted by Gasteiger charge is -2.42. The molecule has 0 bridgehead atoms. The zero-order valence-electron chi connectivity index (χ0n) is 15.4. The van der Waals surface area contributed by atoms with Crippen LogP contribution in [0.2, 0.25) is 0 Å². The molecule has 1 aromatic heterocycles. The van der Waals surface area contributed by atoms with E-state index in [1.165, 1.54) is 35.6 Å². The number of likely N-dealkylation sites (tertiary alicyclic amines) is 1. The minimum atomic E-state index is -0.892. The molecule has 1 aliphatic heterocycles. The number of benzene rings is 1. The van der Waals surface area contributed by atoms with Crippen LogP contribution in [0.4, 0.5) is 10.1 Å². The molecule has 0 unspecified atom stereocenters. The van der Waals surface area contributed by atoms with Crippen molar-refractivity contribution in [2.45, 2.75) is 18.4 Å². The summed E-state index contributed by atoms with van der Waals surface area (Å²) in [7, 11) is 3.38. The van der Waals surface area contributed by atoms with E-state index in [1.807, 2.05) is 0 Å². The molecular formula is C19H22FN5O2. The predicted octanol–water partition coefficient (Wildman–Crippen LogP) is 1.79. The van der Waals surface area contributed by atoms with Gasteiger partial charge in [-0.2, -0.15) is 0 Å². The molecule has 1 aromatic carbocycles. The Kier molecular flexibility index (Phi) is 5.34. The number of aromatic nitrogens is 2. The number of hydrogen-bond donors (Lipinski definition) is 1. The highest BCUT2D eigenvalue weighted by Gasteiger charge is 2.43. The lowest BCUT2D eigenvalue weighted by atomic mass is 9.85. The first-order valence-electron chi connectivity index (χ1n) is 8.72. The number of halogens is 1. The quantitative estimate of drug-likeness (QED) is 0.887. The fourth-order valence-corrected chi connectivity index (χ4v) is 3.33. The zero-order chi connectivity index (χ0) is 19.4. The van der Waals surface area contributed by atoms with Crippen LogP contribution in [0.1, 0.15) is 23.3 Å². The Bertz CT molecular complexity index is 820. The third-order valence-electron chi connectivity index (χ3n) is 4.71. The first-order valence-corrected chi connectivity index (χ1v) is 8.72. The van der Waals surface area contributed by atoms with Crippen LogP contribution in [-0.2, 0) is 4.79 Å². The second-order valence-corrected chi connectivity index (χ2v) is 6.80. The first-order chi connectivity index (χ1) is 12.9. The molecule has 8 heteroatoms. The molecule has 1 saturated heterocycles. The third kappa shape index (κ3) is 4.05. The topological polar surface area (TPSA) is 78.4 Å². The zero-order valence-corrected chi connectivity index (χ0v) is 15.4. The molecule has 142 valence electrons. The Morgan fingerprint density at radius 2 is 1.96 bits per heavy atom. The average molecular weight is 371 g/mol. The molecule has 0 atom stereocenters. The Morgan fingerprint density at radius 1 is 1.22 bits per heavy atom. The summed E-state index contributed by atoms with van der Waals surface area (Å²) >= 11 is 0. The summed E-state index contributed by atoms with van der Waals surface area (Å²) in [5.41, 5.74) is -0.0721. The van der Waals surface area contributed by atoms with Crippen LogP contribution >= 0.6 is 0 Å². The van der Waals surface area contributed by atoms with Crippen molar-refractivity contribution in [1.82, 2.24) is 19.8 Å². The highest BCUT2D eigenvalue weighted by molar-refractivity contribution is 5.93. The van der Waals surface area contributed by atoms with E-state index in [2.05, 4.69) is 15.3 Å². The molecule has 0 saturated carbocycles. The van der Waals surface area contributed by atoms with E-state index < -0.39 is 5.54 Å². The molecule has 1 aliphatic rings. The predicted molar refractivity (Wildman–Crippen MR) is 98.6 cm³/mol. The van der Waals surface area contributed by atoms with E-state index in [0.717, 1.165) is 0 Å². The number of nitrogens with one attached hydrogen (secondary N) is 1. The molecule has 0 spiro atoms. The number of amides is 2. The molecule has 0 aliphatic carbocycles. The maximum Gasteiger partial charge on any atom is 0.274 e. The largest absolute Gasteiger partial charge is 0.371 e. The summed E-state index contributed by atoms with van der Waals surface area (Å²) in [5, 5.41) is 3.22. The molecule has 1 fully saturated rings. The van der Waals surface area contributed by atoms with Gasteiger partial charge >= 0.3 is 0 Å². The fourth-order valence-electron chi connectivity index (χ4n) is 3.33. The van der Waals surface area contributed by atoms with Gasteiger partial charge in [0.15, 0.2) is 0 Å². The van der Waals surface area contributed by atoms with Crippen LogP contribution in [-0.4, -0.2) is 64.3 Å². The van der Waals surface area contributed by atoms with Crippen molar-refractivity contribution < 1.29 is 14.0 Å². The van der Waals surface area contributed by atoms with E-state index in [-0.39, 0.29) is 23.3 Å². The minimum absolute atomic E-state index is 0.0987. The highest BCUT2D eigenvalue weighted by atomic mass is 19.1. The number of hydrogen-bond acceptors (Lipinski definition) is 5. The molecule has 7 nitrogen and oxygen atoms in total. The number of anilines is 1. The lowest BCUT2D eigenvalue weighted by Crippen LogP contribution is -2.58. The Morgan fingerprint density at radius 3 is 2.56 bits per heavy atom. The first kappa shape index (κ1) is 18.8. The van der Waals surface area contributed by atoms with Gasteiger partial charge in [0.05, 0.1) is 6.20 Å². The standard InChI is InChI=1S/C19H22FN5O2/c1-24(2)18(27)19(23-15-5-3-4-14(20)12-15)6-10-25(11-7-19)17(26)16-13-21-8-9-22-16/h3-5,8-9,12-13,23H,6-7,10-11H2,1-2H3. The summed E-state index contributed by atoms with van der Waals surface area (Å²) in [6.07, 6.45) is 5.23. The second-order valence-electron chi connectivity index (χ2n) is 6.80. The summed E-state index contributed by atoms with van der Waals surface area (Å²) < 4.78 is 13.6. The van der Waals surface area contributed by atoms with Gasteiger partial charge in [0.2, 0.25) is 5.91 Å². The maximum atomic E-state index is 13.6. The number of likely N-dealkylation sites (N-methyl/N-ethyl adjacent to an activating group) is 1. The maximum absolute atomic E-state index is 13.6. The van der Waals surface area contributed by atoms with Crippen molar-refractivity contribution in [3.8, 4) is 0 Å². The smallest absolute Gasteiger partial charge is 0.274 e. The van der Waals surface area contributed by atoms with E-state index in [1.54, 1.807) is 31.1 Å². The van der Waals surface area contributed by atoms with Crippen molar-refractivity contribution in [2.24, 2.45) is 0 Å². The van der Waals surface area contributed by atoms with Gasteiger partial charge in [-0.3, -0.25) is 14.6 Å². The number of nitrogens with zero attached hydrogens (tertiary/aromatic N) is 4. The van der Waals surface area contributed by atoms with Crippen LogP contribution in [0.25, 0.3) is 0 Å². The van der Waals surface area contributed by atoms with Crippen molar-refractivity contribution in [2.75, 3.05) is 32.5 Å². The van der Waals surface area contributed by atoms with Crippen molar-refractivity contribution in [3.05, 3.63) is 54.4 Å². The molecule has 1 N–H and O–H groups in total. The van der Waals surface area contributed by atoms with E-state index >= 15 is 0 Å². The fraction of sp³-hybridized carbons (Fsp3) is 0.368. The minimum Gasteiger partial charge on any atom is -0.371 e. The van der Waals surface area contributed by atoms with Crippen LogP contribution in [0, 0.1) is 5.82 Å². The molecule has 0 radical (unpaired) electrons. The molecule has 2 amide bonds. The summed E-state index contributed by atoms with van der Waals surface area (Å²) in [6, 6.07) is 6.04. The van der Waals surface area contributed by atoms with E-state index in [4.69, 9.17) is 0 Å². The highest BCUT2D eigenvalue weighted by Crippen LogP contribution is 2.29. The Labute approximate surface area is 157 Å². The molecule has 2 heterocycles. The van der Waals surface area contributed by atoms with Gasteiger partial charge < -0.3 is 15.1 Å². The number of carbonyl (C=O) groups excluding carboxylic acids is 2. The molecule has 2 aromatic rings. The van der Waals surface area contributed by atoms with Crippen LogP contribution in [0.3, 0.4) is 0 Å². The van der Waals surface area contributed by atoms with E-state index in [9.17, 15) is 14.0 Å². The normalized spacial score (nSPS) is 15.9. The summed E-state index contributed by atoms with van der Waals surface area (Å²) in [4.78, 5) is 36.6. The third-order valence-corrected chi connectivity index (χ3v) is 4.71. The van der Waals surface area contributed by atoms with Crippen molar-refractivity contribution in [3.63, 3.8) is 0 Å². The average Bonchev–Trinajstić information content (AvgIpc) is 2.68. The SMILES string of the molecule is CN(C)C(=O)C1(Nc2cccc(F)c2)CCN(C(=O)c2cnccn2)CC1. The van der Waals surface area contributed by atoms with Gasteiger partial charge in [0, 0.05) is 45.3 Å². The number of rotatable bonds is 4. The Hall–Kier alpha value is -3.03. The number of carbonyl (C=O) groups is 2. The van der Waals surface area contributed by atoms with Gasteiger partial charge in [-0.25, -0.2) is 9.37 Å². The monoisotopic (exact) mass is 371 g/mol. The van der Waals surface area contributed by atoms with Crippen LogP contribution < -0.4 is 5.32 Å². The molecular weight excluding hydrogens is 349 g/mol. The van der Waals surface area contributed by atoms with Crippen molar-refractivity contribution in [1.29, 1.82) is 0 Å². The van der Waals surface area contributed by atoms with Gasteiger partial charge in [-0.1, -0.05) is 6.07 Å². The van der Waals surface area contributed by atoms with Gasteiger partial charge in [0.1, 0.15) is 17.1 Å². The van der Waals surface area contributed by atoms with Crippen LogP contribution in [0.15, 0.2) is 42.9 Å². The summed E-state index contributed by atoms with van der Waals surface area (Å²) in [5.74, 6) is -0.680. The summed E-state index contributed by atoms with van der Waals surface area (Å²) in [6.45, 7) is 0.772. The second kappa shape index (κ2) is 7.69. The molecule has 3 rings (SSSR count). The van der Waals surface area contributed by atoms with Crippen molar-refractivity contribution >= 4 is 17.5 Å². The Balaban J connectivity index is 1.78. The van der Waals surface area contributed by atoms with Gasteiger partial charge in [-0.15, -0.1) is 0 Å². The van der Waals surface area contributed by atoms with Crippen LogP contribution in [0.5, 0.6) is 0 Å².